The van der Waals surface area contributed by atoms with Crippen LogP contribution in [0.25, 0.3) is 22.0 Å². The number of carboxylic acid groups (broad SMARTS) is 1. The van der Waals surface area contributed by atoms with Crippen molar-refractivity contribution in [3.8, 4) is 11.1 Å². The van der Waals surface area contributed by atoms with Gasteiger partial charge in [-0.2, -0.15) is 13.2 Å². The maximum Gasteiger partial charge on any atom is 0.490 e. The molecule has 5 rings (SSSR count). The van der Waals surface area contributed by atoms with Crippen molar-refractivity contribution in [2.75, 3.05) is 7.11 Å². The lowest BCUT2D eigenvalue weighted by molar-refractivity contribution is -0.192. The Bertz CT molecular complexity index is 1750. The summed E-state index contributed by atoms with van der Waals surface area (Å²) in [6.07, 6.45) is -1.50. The van der Waals surface area contributed by atoms with E-state index in [-0.39, 0.29) is 5.56 Å². The number of ether oxygens (including phenoxy) is 1. The number of halogens is 4. The summed E-state index contributed by atoms with van der Waals surface area (Å²) in [6, 6.07) is 25.4. The number of nitrogens with zero attached hydrogens (tertiary/aromatic N) is 3. The van der Waals surface area contributed by atoms with E-state index in [9.17, 15) is 18.0 Å². The number of hydrogen-bond acceptors (Lipinski definition) is 4. The van der Waals surface area contributed by atoms with E-state index in [1.165, 1.54) is 0 Å². The zero-order valence-corrected chi connectivity index (χ0v) is 22.9. The third kappa shape index (κ3) is 5.75. The van der Waals surface area contributed by atoms with Gasteiger partial charge in [0.05, 0.1) is 23.7 Å². The van der Waals surface area contributed by atoms with Crippen LogP contribution in [0.2, 0.25) is 5.02 Å². The van der Waals surface area contributed by atoms with Crippen LogP contribution in [0.1, 0.15) is 16.8 Å². The lowest BCUT2D eigenvalue weighted by Gasteiger charge is -2.34. The topological polar surface area (TPSA) is 86.4 Å². The number of pyridine rings is 1. The summed E-state index contributed by atoms with van der Waals surface area (Å²) in [7, 11) is 5.44. The van der Waals surface area contributed by atoms with Gasteiger partial charge in [0.15, 0.2) is 5.60 Å². The second-order valence-electron chi connectivity index (χ2n) is 9.14. The standard InChI is InChI=1S/C28H24ClN3O2.C2HF3O2/c1-31-18-30-17-26(31)28(34-3,20-9-12-22(29)13-10-20)21-11-14-25-24(15-21)23(16-27(33)32(25)2)19-7-5-4-6-8-19;3-2(4,5)1(6)7/h4-18H,1-3H3;(H,6,7). The highest BCUT2D eigenvalue weighted by Crippen LogP contribution is 2.42. The van der Waals surface area contributed by atoms with Crippen molar-refractivity contribution in [1.82, 2.24) is 14.1 Å². The zero-order chi connectivity index (χ0) is 29.9. The maximum atomic E-state index is 12.8. The molecule has 0 amide bonds. The molecule has 1 atom stereocenters. The van der Waals surface area contributed by atoms with E-state index in [1.54, 1.807) is 31.1 Å². The molecule has 0 saturated carbocycles. The van der Waals surface area contributed by atoms with Gasteiger partial charge in [-0.25, -0.2) is 9.78 Å². The quantitative estimate of drug-likeness (QED) is 0.268. The summed E-state index contributed by atoms with van der Waals surface area (Å²) in [4.78, 5) is 26.0. The average molecular weight is 584 g/mol. The smallest absolute Gasteiger partial charge is 0.475 e. The molecular weight excluding hydrogens is 559 g/mol. The van der Waals surface area contributed by atoms with Crippen LogP contribution in [-0.4, -0.2) is 38.5 Å². The number of imidazole rings is 1. The molecule has 7 nitrogen and oxygen atoms in total. The Morgan fingerprint density at radius 1 is 0.951 bits per heavy atom. The van der Waals surface area contributed by atoms with Gasteiger partial charge in [-0.15, -0.1) is 0 Å². The molecule has 0 bridgehead atoms. The molecule has 212 valence electrons. The van der Waals surface area contributed by atoms with Crippen molar-refractivity contribution in [3.05, 3.63) is 124 Å². The monoisotopic (exact) mass is 583 g/mol. The first kappa shape index (κ1) is 29.6. The SMILES string of the molecule is COC(c1ccc(Cl)cc1)(c1ccc2c(c1)c(-c1ccccc1)cc(=O)n2C)c1cncn1C.O=C(O)C(F)(F)F. The van der Waals surface area contributed by atoms with Crippen LogP contribution >= 0.6 is 11.6 Å². The first-order valence-corrected chi connectivity index (χ1v) is 12.6. The lowest BCUT2D eigenvalue weighted by Crippen LogP contribution is -2.33. The minimum absolute atomic E-state index is 0.0542. The number of aliphatic carboxylic acids is 1. The van der Waals surface area contributed by atoms with Crippen LogP contribution in [-0.2, 0) is 29.2 Å². The van der Waals surface area contributed by atoms with Gasteiger partial charge in [0.2, 0.25) is 0 Å². The Labute approximate surface area is 238 Å². The van der Waals surface area contributed by atoms with Gasteiger partial charge >= 0.3 is 12.1 Å². The molecule has 0 aliphatic heterocycles. The Morgan fingerprint density at radius 2 is 1.56 bits per heavy atom. The minimum Gasteiger partial charge on any atom is -0.475 e. The fraction of sp³-hybridized carbons (Fsp3) is 0.167. The van der Waals surface area contributed by atoms with Gasteiger partial charge in [0.25, 0.3) is 5.56 Å². The van der Waals surface area contributed by atoms with Crippen LogP contribution in [0.15, 0.2) is 96.2 Å². The summed E-state index contributed by atoms with van der Waals surface area (Å²) < 4.78 is 41.7. The van der Waals surface area contributed by atoms with Crippen LogP contribution in [0.3, 0.4) is 0 Å². The number of alkyl halides is 3. The van der Waals surface area contributed by atoms with Crippen LogP contribution in [0.5, 0.6) is 0 Å². The second kappa shape index (κ2) is 11.6. The molecule has 3 aromatic carbocycles. The predicted octanol–water partition coefficient (Wildman–Crippen LogP) is 6.16. The van der Waals surface area contributed by atoms with Crippen molar-refractivity contribution < 1.29 is 27.8 Å². The number of benzene rings is 3. The fourth-order valence-electron chi connectivity index (χ4n) is 4.72. The van der Waals surface area contributed by atoms with Crippen LogP contribution in [0, 0.1) is 0 Å². The average Bonchev–Trinajstić information content (AvgIpc) is 3.38. The van der Waals surface area contributed by atoms with Gasteiger partial charge < -0.3 is 19.0 Å². The van der Waals surface area contributed by atoms with Crippen molar-refractivity contribution in [3.63, 3.8) is 0 Å². The first-order valence-electron chi connectivity index (χ1n) is 12.2. The van der Waals surface area contributed by atoms with Gasteiger partial charge in [0.1, 0.15) is 0 Å². The Hall–Kier alpha value is -4.41. The molecule has 0 spiro atoms. The molecule has 0 saturated heterocycles. The summed E-state index contributed by atoms with van der Waals surface area (Å²) in [5.41, 5.74) is 4.44. The zero-order valence-electron chi connectivity index (χ0n) is 22.2. The lowest BCUT2D eigenvalue weighted by atomic mass is 9.82. The second-order valence-corrected chi connectivity index (χ2v) is 9.57. The highest BCUT2D eigenvalue weighted by molar-refractivity contribution is 6.30. The fourth-order valence-corrected chi connectivity index (χ4v) is 4.85. The highest BCUT2D eigenvalue weighted by Gasteiger charge is 2.40. The number of methoxy groups -OCH3 is 1. The Balaban J connectivity index is 0.000000493. The van der Waals surface area contributed by atoms with Gasteiger partial charge in [-0.1, -0.05) is 60.1 Å². The number of hydrogen-bond donors (Lipinski definition) is 1. The van der Waals surface area contributed by atoms with E-state index in [1.807, 2.05) is 84.5 Å². The normalized spacial score (nSPS) is 12.9. The minimum atomic E-state index is -5.08. The molecule has 2 aromatic heterocycles. The summed E-state index contributed by atoms with van der Waals surface area (Å²) >= 11 is 6.22. The Morgan fingerprint density at radius 3 is 2.10 bits per heavy atom. The van der Waals surface area contributed by atoms with Crippen molar-refractivity contribution in [2.24, 2.45) is 14.1 Å². The van der Waals surface area contributed by atoms with Crippen molar-refractivity contribution >= 4 is 28.5 Å². The summed E-state index contributed by atoms with van der Waals surface area (Å²) in [5, 5.41) is 8.74. The van der Waals surface area contributed by atoms with Crippen molar-refractivity contribution in [2.45, 2.75) is 11.8 Å². The van der Waals surface area contributed by atoms with Gasteiger partial charge in [-0.05, 0) is 46.5 Å². The molecule has 0 aliphatic carbocycles. The van der Waals surface area contributed by atoms with Gasteiger partial charge in [0, 0.05) is 37.7 Å². The molecule has 1 unspecified atom stereocenters. The van der Waals surface area contributed by atoms with Crippen LogP contribution in [0.4, 0.5) is 13.2 Å². The molecule has 41 heavy (non-hydrogen) atoms. The maximum absolute atomic E-state index is 12.8. The summed E-state index contributed by atoms with van der Waals surface area (Å²) in [5.74, 6) is -2.76. The van der Waals surface area contributed by atoms with Crippen LogP contribution < -0.4 is 5.56 Å². The summed E-state index contributed by atoms with van der Waals surface area (Å²) in [6.45, 7) is 0. The van der Waals surface area contributed by atoms with E-state index in [2.05, 4.69) is 11.1 Å². The largest absolute Gasteiger partial charge is 0.490 e. The number of fused-ring (bicyclic) bond motifs is 1. The number of aryl methyl sites for hydroxylation is 2. The molecule has 2 heterocycles. The molecule has 0 fully saturated rings. The van der Waals surface area contributed by atoms with E-state index in [0.29, 0.717) is 5.02 Å². The number of aromatic nitrogens is 3. The van der Waals surface area contributed by atoms with E-state index < -0.39 is 17.7 Å². The predicted molar refractivity (Wildman–Crippen MR) is 150 cm³/mol. The molecule has 5 aromatic rings. The van der Waals surface area contributed by atoms with Crippen molar-refractivity contribution in [1.29, 1.82) is 0 Å². The third-order valence-corrected chi connectivity index (χ3v) is 6.97. The molecule has 0 radical (unpaired) electrons. The number of carboxylic acids is 1. The first-order chi connectivity index (χ1) is 19.4. The third-order valence-electron chi connectivity index (χ3n) is 6.71. The highest BCUT2D eigenvalue weighted by atomic mass is 35.5. The Kier molecular flexibility index (Phi) is 8.37. The molecule has 0 aliphatic rings. The van der Waals surface area contributed by atoms with E-state index in [0.717, 1.165) is 38.9 Å². The van der Waals surface area contributed by atoms with E-state index in [4.69, 9.17) is 26.2 Å². The van der Waals surface area contributed by atoms with E-state index >= 15 is 0 Å². The molecule has 1 N–H and O–H groups in total. The number of carbonyl (C=O) groups is 1. The molecular formula is C30H25ClF3N3O4. The molecule has 11 heteroatoms. The van der Waals surface area contributed by atoms with Gasteiger partial charge in [-0.3, -0.25) is 4.79 Å². The number of rotatable bonds is 5.